The van der Waals surface area contributed by atoms with E-state index >= 15 is 0 Å². The Bertz CT molecular complexity index is 559. The van der Waals surface area contributed by atoms with Crippen molar-refractivity contribution in [2.24, 2.45) is 0 Å². The van der Waals surface area contributed by atoms with Crippen LogP contribution in [0.3, 0.4) is 0 Å². The van der Waals surface area contributed by atoms with Crippen molar-refractivity contribution in [1.29, 1.82) is 10.5 Å². The molecule has 15 heavy (non-hydrogen) atoms. The zero-order valence-corrected chi connectivity index (χ0v) is 8.45. The minimum Gasteiger partial charge on any atom is -0.244 e. The monoisotopic (exact) mass is 211 g/mol. The molecule has 2 rings (SSSR count). The molecular formula is C11H5N3S. The van der Waals surface area contributed by atoms with Gasteiger partial charge in [0.25, 0.3) is 0 Å². The topological polar surface area (TPSA) is 60.5 Å². The van der Waals surface area contributed by atoms with Gasteiger partial charge in [0.05, 0.1) is 11.1 Å². The van der Waals surface area contributed by atoms with E-state index in [2.05, 4.69) is 4.98 Å². The third-order valence-corrected chi connectivity index (χ3v) is 2.77. The molecule has 2 aromatic rings. The molecule has 0 saturated heterocycles. The molecule has 1 aromatic heterocycles. The van der Waals surface area contributed by atoms with Gasteiger partial charge >= 0.3 is 0 Å². The van der Waals surface area contributed by atoms with Gasteiger partial charge in [0, 0.05) is 17.1 Å². The van der Waals surface area contributed by atoms with Gasteiger partial charge in [-0.2, -0.15) is 10.5 Å². The van der Waals surface area contributed by atoms with Crippen molar-refractivity contribution in [2.45, 2.75) is 0 Å². The van der Waals surface area contributed by atoms with Crippen molar-refractivity contribution in [3.05, 3.63) is 40.9 Å². The number of hydrogen-bond acceptors (Lipinski definition) is 4. The molecule has 0 aliphatic heterocycles. The summed E-state index contributed by atoms with van der Waals surface area (Å²) >= 11 is 1.45. The van der Waals surface area contributed by atoms with Gasteiger partial charge in [-0.3, -0.25) is 0 Å². The van der Waals surface area contributed by atoms with E-state index in [1.165, 1.54) is 11.3 Å². The fraction of sp³-hybridized carbons (Fsp3) is 0. The summed E-state index contributed by atoms with van der Waals surface area (Å²) < 4.78 is 0. The highest BCUT2D eigenvalue weighted by atomic mass is 32.1. The van der Waals surface area contributed by atoms with Gasteiger partial charge in [-0.25, -0.2) is 4.98 Å². The van der Waals surface area contributed by atoms with E-state index in [1.54, 1.807) is 24.4 Å². The molecular weight excluding hydrogens is 206 g/mol. The van der Waals surface area contributed by atoms with Gasteiger partial charge in [0.2, 0.25) is 0 Å². The SMILES string of the molecule is N#Cc1cccc(-c2nccs2)c1C#N. The number of nitriles is 2. The standard InChI is InChI=1S/C11H5N3S/c12-6-8-2-1-3-9(10(8)7-13)11-14-4-5-15-11/h1-5H. The van der Waals surface area contributed by atoms with E-state index in [9.17, 15) is 0 Å². The van der Waals surface area contributed by atoms with Crippen LogP contribution in [0, 0.1) is 22.7 Å². The maximum atomic E-state index is 9.00. The van der Waals surface area contributed by atoms with Crippen LogP contribution in [0.15, 0.2) is 29.8 Å². The van der Waals surface area contributed by atoms with Crippen LogP contribution < -0.4 is 0 Å². The van der Waals surface area contributed by atoms with Crippen LogP contribution in [0.5, 0.6) is 0 Å². The average molecular weight is 211 g/mol. The van der Waals surface area contributed by atoms with Gasteiger partial charge < -0.3 is 0 Å². The first-order valence-electron chi connectivity index (χ1n) is 4.20. The van der Waals surface area contributed by atoms with E-state index in [-0.39, 0.29) is 0 Å². The highest BCUT2D eigenvalue weighted by molar-refractivity contribution is 7.13. The van der Waals surface area contributed by atoms with Crippen LogP contribution in [0.1, 0.15) is 11.1 Å². The first-order valence-corrected chi connectivity index (χ1v) is 5.08. The molecule has 0 aliphatic carbocycles. The molecule has 70 valence electrons. The van der Waals surface area contributed by atoms with Crippen LogP contribution in [0.4, 0.5) is 0 Å². The maximum Gasteiger partial charge on any atom is 0.124 e. The molecule has 1 heterocycles. The van der Waals surface area contributed by atoms with Crippen molar-refractivity contribution in [3.8, 4) is 22.7 Å². The molecule has 0 bridgehead atoms. The van der Waals surface area contributed by atoms with E-state index in [0.29, 0.717) is 11.1 Å². The third kappa shape index (κ3) is 1.59. The quantitative estimate of drug-likeness (QED) is 0.728. The number of hydrogen-bond donors (Lipinski definition) is 0. The molecule has 0 aliphatic rings. The van der Waals surface area contributed by atoms with E-state index in [1.807, 2.05) is 17.5 Å². The Morgan fingerprint density at radius 1 is 1.20 bits per heavy atom. The summed E-state index contributed by atoms with van der Waals surface area (Å²) in [6.45, 7) is 0. The van der Waals surface area contributed by atoms with Crippen LogP contribution in [0.2, 0.25) is 0 Å². The van der Waals surface area contributed by atoms with Crippen LogP contribution in [-0.2, 0) is 0 Å². The zero-order valence-electron chi connectivity index (χ0n) is 7.64. The van der Waals surface area contributed by atoms with Gasteiger partial charge in [0.15, 0.2) is 0 Å². The van der Waals surface area contributed by atoms with Crippen molar-refractivity contribution in [3.63, 3.8) is 0 Å². The molecule has 0 N–H and O–H groups in total. The van der Waals surface area contributed by atoms with Crippen molar-refractivity contribution >= 4 is 11.3 Å². The number of rotatable bonds is 1. The van der Waals surface area contributed by atoms with Gasteiger partial charge in [-0.05, 0) is 6.07 Å². The lowest BCUT2D eigenvalue weighted by molar-refractivity contribution is 1.38. The predicted molar refractivity (Wildman–Crippen MR) is 57.0 cm³/mol. The lowest BCUT2D eigenvalue weighted by Crippen LogP contribution is -1.88. The second-order valence-electron chi connectivity index (χ2n) is 2.79. The Hall–Kier alpha value is -2.17. The summed E-state index contributed by atoms with van der Waals surface area (Å²) in [5.41, 5.74) is 1.52. The van der Waals surface area contributed by atoms with Crippen LogP contribution >= 0.6 is 11.3 Å². The summed E-state index contributed by atoms with van der Waals surface area (Å²) in [6, 6.07) is 9.25. The van der Waals surface area contributed by atoms with E-state index in [4.69, 9.17) is 10.5 Å². The van der Waals surface area contributed by atoms with Gasteiger partial charge in [0.1, 0.15) is 17.1 Å². The zero-order chi connectivity index (χ0) is 10.7. The number of thiazole rings is 1. The highest BCUT2D eigenvalue weighted by Gasteiger charge is 2.10. The second kappa shape index (κ2) is 3.91. The molecule has 1 aromatic carbocycles. The van der Waals surface area contributed by atoms with Gasteiger partial charge in [-0.15, -0.1) is 11.3 Å². The second-order valence-corrected chi connectivity index (χ2v) is 3.68. The summed E-state index contributed by atoms with van der Waals surface area (Å²) in [5, 5.41) is 20.5. The Morgan fingerprint density at radius 2 is 2.07 bits per heavy atom. The number of benzene rings is 1. The summed E-state index contributed by atoms with van der Waals surface area (Å²) in [7, 11) is 0. The molecule has 0 atom stereocenters. The molecule has 0 radical (unpaired) electrons. The van der Waals surface area contributed by atoms with Crippen molar-refractivity contribution < 1.29 is 0 Å². The normalized spacial score (nSPS) is 9.20. The highest BCUT2D eigenvalue weighted by Crippen LogP contribution is 2.26. The lowest BCUT2D eigenvalue weighted by Gasteiger charge is -2.00. The molecule has 0 unspecified atom stereocenters. The summed E-state index contributed by atoms with van der Waals surface area (Å²) in [5.74, 6) is 0. The largest absolute Gasteiger partial charge is 0.244 e. The first kappa shape index (κ1) is 9.39. The van der Waals surface area contributed by atoms with Crippen molar-refractivity contribution in [1.82, 2.24) is 4.98 Å². The Kier molecular flexibility index (Phi) is 2.45. The molecule has 4 heteroatoms. The summed E-state index contributed by atoms with van der Waals surface area (Å²) in [6.07, 6.45) is 1.68. The third-order valence-electron chi connectivity index (χ3n) is 1.96. The van der Waals surface area contributed by atoms with Crippen LogP contribution in [0.25, 0.3) is 10.6 Å². The van der Waals surface area contributed by atoms with E-state index < -0.39 is 0 Å². The van der Waals surface area contributed by atoms with Crippen molar-refractivity contribution in [2.75, 3.05) is 0 Å². The van der Waals surface area contributed by atoms with Crippen LogP contribution in [-0.4, -0.2) is 4.98 Å². The Balaban J connectivity index is 2.70. The molecule has 0 saturated carbocycles. The molecule has 0 spiro atoms. The lowest BCUT2D eigenvalue weighted by atomic mass is 10.0. The Labute approximate surface area is 90.9 Å². The number of nitrogens with zero attached hydrogens (tertiary/aromatic N) is 3. The maximum absolute atomic E-state index is 9.00. The minimum absolute atomic E-state index is 0.394. The van der Waals surface area contributed by atoms with E-state index in [0.717, 1.165) is 10.6 Å². The average Bonchev–Trinajstić information content (AvgIpc) is 2.81. The summed E-state index contributed by atoms with van der Waals surface area (Å²) in [4.78, 5) is 4.13. The molecule has 0 amide bonds. The molecule has 3 nitrogen and oxygen atoms in total. The fourth-order valence-electron chi connectivity index (χ4n) is 1.30. The fourth-order valence-corrected chi connectivity index (χ4v) is 1.97. The Morgan fingerprint density at radius 3 is 2.67 bits per heavy atom. The van der Waals surface area contributed by atoms with Gasteiger partial charge in [-0.1, -0.05) is 12.1 Å². The minimum atomic E-state index is 0.394. The first-order chi connectivity index (χ1) is 7.36. The number of aromatic nitrogens is 1. The smallest absolute Gasteiger partial charge is 0.124 e. The predicted octanol–water partition coefficient (Wildman–Crippen LogP) is 2.55. The molecule has 0 fully saturated rings.